The Morgan fingerprint density at radius 3 is 2.53 bits per heavy atom. The number of carbonyl (C=O) groups is 1. The highest BCUT2D eigenvalue weighted by molar-refractivity contribution is 7.98. The van der Waals surface area contributed by atoms with Crippen LogP contribution in [0.5, 0.6) is 0 Å². The van der Waals surface area contributed by atoms with Crippen LogP contribution >= 0.6 is 11.8 Å². The van der Waals surface area contributed by atoms with Crippen LogP contribution in [0.4, 0.5) is 4.39 Å². The lowest BCUT2D eigenvalue weighted by Gasteiger charge is -2.16. The Morgan fingerprint density at radius 2 is 2.00 bits per heavy atom. The number of nitrogens with zero attached hydrogens (tertiary/aromatic N) is 1. The third-order valence-electron chi connectivity index (χ3n) is 2.07. The van der Waals surface area contributed by atoms with Crippen molar-refractivity contribution in [2.75, 3.05) is 25.6 Å². The summed E-state index contributed by atoms with van der Waals surface area (Å²) in [5.41, 5.74) is 0.528. The van der Waals surface area contributed by atoms with Gasteiger partial charge in [0.25, 0.3) is 5.91 Å². The van der Waals surface area contributed by atoms with Crippen LogP contribution in [0.3, 0.4) is 0 Å². The van der Waals surface area contributed by atoms with Gasteiger partial charge in [0, 0.05) is 24.9 Å². The van der Waals surface area contributed by atoms with Gasteiger partial charge in [-0.25, -0.2) is 4.39 Å². The number of hydrogen-bond donors (Lipinski definition) is 0. The molecule has 0 heterocycles. The van der Waals surface area contributed by atoms with Crippen molar-refractivity contribution in [1.29, 1.82) is 0 Å². The highest BCUT2D eigenvalue weighted by atomic mass is 32.2. The summed E-state index contributed by atoms with van der Waals surface area (Å²) in [5, 5.41) is 0. The fourth-order valence-electron chi connectivity index (χ4n) is 1.14. The first kappa shape index (κ1) is 12.0. The van der Waals surface area contributed by atoms with Crippen molar-refractivity contribution in [2.45, 2.75) is 0 Å². The van der Waals surface area contributed by atoms with Gasteiger partial charge in [-0.1, -0.05) is 0 Å². The monoisotopic (exact) mass is 227 g/mol. The Hall–Kier alpha value is -1.03. The van der Waals surface area contributed by atoms with Crippen molar-refractivity contribution in [2.24, 2.45) is 0 Å². The summed E-state index contributed by atoms with van der Waals surface area (Å²) in [7, 11) is 1.75. The van der Waals surface area contributed by atoms with Crippen LogP contribution in [0.15, 0.2) is 24.3 Å². The normalized spacial score (nSPS) is 10.1. The van der Waals surface area contributed by atoms with E-state index < -0.39 is 0 Å². The average molecular weight is 227 g/mol. The first-order valence-electron chi connectivity index (χ1n) is 4.65. The van der Waals surface area contributed by atoms with Gasteiger partial charge in [-0.05, 0) is 30.5 Å². The highest BCUT2D eigenvalue weighted by Crippen LogP contribution is 2.06. The second kappa shape index (κ2) is 5.75. The van der Waals surface area contributed by atoms with Crippen LogP contribution in [0.1, 0.15) is 10.4 Å². The fourth-order valence-corrected chi connectivity index (χ4v) is 1.60. The van der Waals surface area contributed by atoms with E-state index in [9.17, 15) is 9.18 Å². The molecule has 1 rings (SSSR count). The van der Waals surface area contributed by atoms with Crippen LogP contribution in [-0.4, -0.2) is 36.4 Å². The lowest BCUT2D eigenvalue weighted by Crippen LogP contribution is -2.28. The second-order valence-corrected chi connectivity index (χ2v) is 4.21. The molecule has 1 amide bonds. The quantitative estimate of drug-likeness (QED) is 0.786. The third-order valence-corrected chi connectivity index (χ3v) is 2.66. The molecule has 0 bridgehead atoms. The molecular formula is C11H14FNOS. The molecule has 0 fully saturated rings. The van der Waals surface area contributed by atoms with E-state index in [1.54, 1.807) is 23.7 Å². The predicted molar refractivity (Wildman–Crippen MR) is 61.7 cm³/mol. The summed E-state index contributed by atoms with van der Waals surface area (Å²) in [4.78, 5) is 13.4. The minimum atomic E-state index is -0.321. The second-order valence-electron chi connectivity index (χ2n) is 3.23. The molecule has 0 saturated carbocycles. The van der Waals surface area contributed by atoms with Gasteiger partial charge in [-0.15, -0.1) is 0 Å². The summed E-state index contributed by atoms with van der Waals surface area (Å²) in [6.45, 7) is 0.706. The zero-order valence-electron chi connectivity index (χ0n) is 8.87. The molecule has 0 aromatic heterocycles. The number of rotatable bonds is 4. The van der Waals surface area contributed by atoms with Crippen molar-refractivity contribution >= 4 is 17.7 Å². The van der Waals surface area contributed by atoms with Crippen molar-refractivity contribution < 1.29 is 9.18 Å². The maximum atomic E-state index is 12.6. The van der Waals surface area contributed by atoms with Gasteiger partial charge >= 0.3 is 0 Å². The van der Waals surface area contributed by atoms with Crippen LogP contribution in [0.25, 0.3) is 0 Å². The summed E-state index contributed by atoms with van der Waals surface area (Å²) in [5.74, 6) is 0.519. The molecule has 15 heavy (non-hydrogen) atoms. The van der Waals surface area contributed by atoms with E-state index in [2.05, 4.69) is 0 Å². The van der Waals surface area contributed by atoms with E-state index in [-0.39, 0.29) is 11.7 Å². The number of benzene rings is 1. The van der Waals surface area contributed by atoms with E-state index in [0.29, 0.717) is 12.1 Å². The van der Waals surface area contributed by atoms with Crippen LogP contribution in [0.2, 0.25) is 0 Å². The van der Waals surface area contributed by atoms with Crippen molar-refractivity contribution in [3.63, 3.8) is 0 Å². The highest BCUT2D eigenvalue weighted by Gasteiger charge is 2.10. The third kappa shape index (κ3) is 3.55. The molecule has 0 saturated heterocycles. The van der Waals surface area contributed by atoms with Gasteiger partial charge in [0.2, 0.25) is 0 Å². The first-order valence-corrected chi connectivity index (χ1v) is 6.04. The molecule has 0 radical (unpaired) electrons. The number of amides is 1. The molecule has 4 heteroatoms. The zero-order chi connectivity index (χ0) is 11.3. The van der Waals surface area contributed by atoms with Gasteiger partial charge in [-0.3, -0.25) is 4.79 Å². The minimum Gasteiger partial charge on any atom is -0.341 e. The fraction of sp³-hybridized carbons (Fsp3) is 0.364. The minimum absolute atomic E-state index is 0.0657. The lowest BCUT2D eigenvalue weighted by molar-refractivity contribution is 0.0803. The maximum Gasteiger partial charge on any atom is 0.253 e. The standard InChI is InChI=1S/C11H14FNOS/c1-13(7-8-15-2)11(14)9-3-5-10(12)6-4-9/h3-6H,7-8H2,1-2H3. The van der Waals surface area contributed by atoms with E-state index in [1.165, 1.54) is 24.3 Å². The Labute approximate surface area is 93.5 Å². The van der Waals surface area contributed by atoms with Crippen molar-refractivity contribution in [3.8, 4) is 0 Å². The SMILES string of the molecule is CSCCN(C)C(=O)c1ccc(F)cc1. The zero-order valence-corrected chi connectivity index (χ0v) is 9.68. The Bertz CT molecular complexity index is 326. The molecule has 0 aliphatic heterocycles. The van der Waals surface area contributed by atoms with E-state index >= 15 is 0 Å². The smallest absolute Gasteiger partial charge is 0.253 e. The maximum absolute atomic E-state index is 12.6. The summed E-state index contributed by atoms with van der Waals surface area (Å²) >= 11 is 1.69. The number of halogens is 1. The number of hydrogen-bond acceptors (Lipinski definition) is 2. The Kier molecular flexibility index (Phi) is 4.62. The molecule has 2 nitrogen and oxygen atoms in total. The summed E-state index contributed by atoms with van der Waals surface area (Å²) in [6, 6.07) is 5.62. The molecule has 1 aromatic carbocycles. The van der Waals surface area contributed by atoms with Crippen LogP contribution in [0, 0.1) is 5.82 Å². The first-order chi connectivity index (χ1) is 7.15. The number of thioether (sulfide) groups is 1. The van der Waals surface area contributed by atoms with Gasteiger partial charge in [0.15, 0.2) is 0 Å². The molecule has 0 spiro atoms. The molecule has 0 aliphatic rings. The van der Waals surface area contributed by atoms with Gasteiger partial charge in [-0.2, -0.15) is 11.8 Å². The molecule has 1 aromatic rings. The topological polar surface area (TPSA) is 20.3 Å². The van der Waals surface area contributed by atoms with E-state index in [0.717, 1.165) is 5.75 Å². The molecule has 0 aliphatic carbocycles. The largest absolute Gasteiger partial charge is 0.341 e. The molecule has 0 N–H and O–H groups in total. The Morgan fingerprint density at radius 1 is 1.40 bits per heavy atom. The van der Waals surface area contributed by atoms with Crippen molar-refractivity contribution in [3.05, 3.63) is 35.6 Å². The summed E-state index contributed by atoms with van der Waals surface area (Å²) in [6.07, 6.45) is 2.00. The van der Waals surface area contributed by atoms with Gasteiger partial charge < -0.3 is 4.90 Å². The lowest BCUT2D eigenvalue weighted by atomic mass is 10.2. The van der Waals surface area contributed by atoms with Gasteiger partial charge in [0.1, 0.15) is 5.82 Å². The Balaban J connectivity index is 2.63. The van der Waals surface area contributed by atoms with Crippen LogP contribution < -0.4 is 0 Å². The predicted octanol–water partition coefficient (Wildman–Crippen LogP) is 2.26. The van der Waals surface area contributed by atoms with Crippen LogP contribution in [-0.2, 0) is 0 Å². The molecule has 0 unspecified atom stereocenters. The molecular weight excluding hydrogens is 213 g/mol. The summed E-state index contributed by atoms with van der Waals surface area (Å²) < 4.78 is 12.6. The average Bonchev–Trinajstić information content (AvgIpc) is 2.26. The molecule has 82 valence electrons. The van der Waals surface area contributed by atoms with Gasteiger partial charge in [0.05, 0.1) is 0 Å². The van der Waals surface area contributed by atoms with E-state index in [1.807, 2.05) is 6.26 Å². The van der Waals surface area contributed by atoms with E-state index in [4.69, 9.17) is 0 Å². The number of carbonyl (C=O) groups excluding carboxylic acids is 1. The van der Waals surface area contributed by atoms with Crippen molar-refractivity contribution in [1.82, 2.24) is 4.90 Å². The molecule has 0 atom stereocenters.